The van der Waals surface area contributed by atoms with Crippen molar-refractivity contribution in [1.82, 2.24) is 4.90 Å². The molecule has 0 atom stereocenters. The number of hydrogen-bond donors (Lipinski definition) is 0. The summed E-state index contributed by atoms with van der Waals surface area (Å²) in [5, 5.41) is 0. The first-order valence-corrected chi connectivity index (χ1v) is 4.54. The summed E-state index contributed by atoms with van der Waals surface area (Å²) in [7, 11) is 0. The Balaban J connectivity index is 0.000000292. The number of rotatable bonds is 1. The molecule has 0 bridgehead atoms. The minimum atomic E-state index is 0.302. The molecule has 1 fully saturated rings. The fourth-order valence-corrected chi connectivity index (χ4v) is 0.789. The summed E-state index contributed by atoms with van der Waals surface area (Å²) in [6.45, 7) is 8.14. The summed E-state index contributed by atoms with van der Waals surface area (Å²) < 4.78 is 0. The zero-order valence-electron chi connectivity index (χ0n) is 7.89. The molecule has 0 spiro atoms. The van der Waals surface area contributed by atoms with Crippen LogP contribution in [0, 0.1) is 0 Å². The van der Waals surface area contributed by atoms with Crippen LogP contribution in [0.2, 0.25) is 0 Å². The molecule has 1 saturated heterocycles. The van der Waals surface area contributed by atoms with Gasteiger partial charge in [0.1, 0.15) is 0 Å². The van der Waals surface area contributed by atoms with Gasteiger partial charge in [0.05, 0.1) is 0 Å². The second-order valence-electron chi connectivity index (χ2n) is 2.80. The molecule has 1 rings (SSSR count). The maximum atomic E-state index is 10.7. The first-order valence-electron chi connectivity index (χ1n) is 4.54. The standard InChI is InChI=1S/C6H11NO.C3H8/c1-2-6(8)7-4-3-5-7;1-3-2/h2-5H2,1H3;3H2,1-2H3. The summed E-state index contributed by atoms with van der Waals surface area (Å²) in [4.78, 5) is 12.6. The van der Waals surface area contributed by atoms with E-state index < -0.39 is 0 Å². The molecule has 1 amide bonds. The van der Waals surface area contributed by atoms with Crippen molar-refractivity contribution in [3.63, 3.8) is 0 Å². The van der Waals surface area contributed by atoms with Gasteiger partial charge in [0.2, 0.25) is 5.91 Å². The van der Waals surface area contributed by atoms with E-state index in [4.69, 9.17) is 0 Å². The van der Waals surface area contributed by atoms with Crippen LogP contribution in [0.3, 0.4) is 0 Å². The molecule has 0 aromatic carbocycles. The number of nitrogens with zero attached hydrogens (tertiary/aromatic N) is 1. The van der Waals surface area contributed by atoms with Gasteiger partial charge in [0.15, 0.2) is 0 Å². The lowest BCUT2D eigenvalue weighted by atomic mass is 10.2. The Morgan fingerprint density at radius 2 is 1.73 bits per heavy atom. The number of carbonyl (C=O) groups is 1. The molecule has 1 aliphatic heterocycles. The third-order valence-electron chi connectivity index (χ3n) is 1.51. The summed E-state index contributed by atoms with van der Waals surface area (Å²) in [6.07, 6.45) is 3.12. The van der Waals surface area contributed by atoms with Gasteiger partial charge in [0.25, 0.3) is 0 Å². The van der Waals surface area contributed by atoms with Crippen molar-refractivity contribution in [3.8, 4) is 0 Å². The molecule has 66 valence electrons. The van der Waals surface area contributed by atoms with Gasteiger partial charge in [-0.15, -0.1) is 0 Å². The number of likely N-dealkylation sites (tertiary alicyclic amines) is 1. The van der Waals surface area contributed by atoms with Gasteiger partial charge in [-0.2, -0.15) is 0 Å². The maximum absolute atomic E-state index is 10.7. The van der Waals surface area contributed by atoms with E-state index in [1.807, 2.05) is 11.8 Å². The van der Waals surface area contributed by atoms with E-state index >= 15 is 0 Å². The van der Waals surface area contributed by atoms with Crippen LogP contribution in [0.5, 0.6) is 0 Å². The second kappa shape index (κ2) is 6.20. The average Bonchev–Trinajstić information content (AvgIpc) is 1.85. The molecular formula is C9H19NO. The minimum absolute atomic E-state index is 0.302. The van der Waals surface area contributed by atoms with Gasteiger partial charge in [-0.25, -0.2) is 0 Å². The molecule has 0 saturated carbocycles. The van der Waals surface area contributed by atoms with Crippen molar-refractivity contribution in [2.45, 2.75) is 40.0 Å². The topological polar surface area (TPSA) is 20.3 Å². The van der Waals surface area contributed by atoms with E-state index in [2.05, 4.69) is 13.8 Å². The van der Waals surface area contributed by atoms with Crippen LogP contribution in [0.1, 0.15) is 40.0 Å². The Labute approximate surface area is 69.6 Å². The lowest BCUT2D eigenvalue weighted by Crippen LogP contribution is -2.41. The highest BCUT2D eigenvalue weighted by molar-refractivity contribution is 5.76. The molecule has 2 heteroatoms. The molecule has 11 heavy (non-hydrogen) atoms. The Morgan fingerprint density at radius 3 is 1.82 bits per heavy atom. The van der Waals surface area contributed by atoms with Crippen LogP contribution in [0.15, 0.2) is 0 Å². The van der Waals surface area contributed by atoms with Crippen molar-refractivity contribution < 1.29 is 4.79 Å². The van der Waals surface area contributed by atoms with E-state index in [0.717, 1.165) is 13.1 Å². The predicted molar refractivity (Wildman–Crippen MR) is 47.5 cm³/mol. The quantitative estimate of drug-likeness (QED) is 0.570. The molecule has 1 aliphatic rings. The summed E-state index contributed by atoms with van der Waals surface area (Å²) in [5.41, 5.74) is 0. The molecule has 0 aliphatic carbocycles. The van der Waals surface area contributed by atoms with Crippen molar-refractivity contribution in [2.24, 2.45) is 0 Å². The first-order chi connectivity index (χ1) is 5.26. The molecule has 0 aromatic rings. The molecule has 0 radical (unpaired) electrons. The normalized spacial score (nSPS) is 14.6. The third-order valence-corrected chi connectivity index (χ3v) is 1.51. The van der Waals surface area contributed by atoms with Gasteiger partial charge in [0, 0.05) is 19.5 Å². The Bertz CT molecular complexity index is 108. The minimum Gasteiger partial charge on any atom is -0.343 e. The highest BCUT2D eigenvalue weighted by Crippen LogP contribution is 2.06. The number of carbonyl (C=O) groups excluding carboxylic acids is 1. The fourth-order valence-electron chi connectivity index (χ4n) is 0.789. The summed E-state index contributed by atoms with van der Waals surface area (Å²) in [5.74, 6) is 0.302. The fraction of sp³-hybridized carbons (Fsp3) is 0.889. The van der Waals surface area contributed by atoms with Crippen LogP contribution < -0.4 is 0 Å². The van der Waals surface area contributed by atoms with Crippen LogP contribution in [-0.2, 0) is 4.79 Å². The Kier molecular flexibility index (Phi) is 5.90. The van der Waals surface area contributed by atoms with E-state index in [-0.39, 0.29) is 0 Å². The molecule has 0 aromatic heterocycles. The smallest absolute Gasteiger partial charge is 0.222 e. The van der Waals surface area contributed by atoms with Crippen molar-refractivity contribution in [3.05, 3.63) is 0 Å². The molecule has 1 heterocycles. The Hall–Kier alpha value is -0.530. The average molecular weight is 157 g/mol. The van der Waals surface area contributed by atoms with E-state index in [1.165, 1.54) is 12.8 Å². The zero-order chi connectivity index (χ0) is 8.69. The molecule has 2 nitrogen and oxygen atoms in total. The molecule has 0 N–H and O–H groups in total. The second-order valence-corrected chi connectivity index (χ2v) is 2.80. The largest absolute Gasteiger partial charge is 0.343 e. The van der Waals surface area contributed by atoms with Crippen LogP contribution >= 0.6 is 0 Å². The zero-order valence-corrected chi connectivity index (χ0v) is 7.89. The molecule has 0 unspecified atom stereocenters. The third kappa shape index (κ3) is 4.02. The van der Waals surface area contributed by atoms with E-state index in [9.17, 15) is 4.79 Å². The van der Waals surface area contributed by atoms with E-state index in [1.54, 1.807) is 0 Å². The molecular weight excluding hydrogens is 138 g/mol. The summed E-state index contributed by atoms with van der Waals surface area (Å²) >= 11 is 0. The SMILES string of the molecule is CCC.CCC(=O)N1CCC1. The maximum Gasteiger partial charge on any atom is 0.222 e. The highest BCUT2D eigenvalue weighted by Gasteiger charge is 2.17. The lowest BCUT2D eigenvalue weighted by Gasteiger charge is -2.30. The lowest BCUT2D eigenvalue weighted by molar-refractivity contribution is -0.134. The van der Waals surface area contributed by atoms with Crippen molar-refractivity contribution in [1.29, 1.82) is 0 Å². The van der Waals surface area contributed by atoms with Gasteiger partial charge >= 0.3 is 0 Å². The van der Waals surface area contributed by atoms with Gasteiger partial charge in [-0.1, -0.05) is 27.2 Å². The first kappa shape index (κ1) is 10.5. The Morgan fingerprint density at radius 1 is 1.27 bits per heavy atom. The van der Waals surface area contributed by atoms with Gasteiger partial charge in [-0.3, -0.25) is 4.79 Å². The van der Waals surface area contributed by atoms with Crippen molar-refractivity contribution >= 4 is 5.91 Å². The van der Waals surface area contributed by atoms with Crippen molar-refractivity contribution in [2.75, 3.05) is 13.1 Å². The van der Waals surface area contributed by atoms with Gasteiger partial charge < -0.3 is 4.90 Å². The van der Waals surface area contributed by atoms with Crippen LogP contribution in [0.25, 0.3) is 0 Å². The predicted octanol–water partition coefficient (Wildman–Crippen LogP) is 2.04. The number of amides is 1. The van der Waals surface area contributed by atoms with E-state index in [0.29, 0.717) is 12.3 Å². The van der Waals surface area contributed by atoms with Crippen LogP contribution in [-0.4, -0.2) is 23.9 Å². The van der Waals surface area contributed by atoms with Gasteiger partial charge in [-0.05, 0) is 6.42 Å². The van der Waals surface area contributed by atoms with Crippen LogP contribution in [0.4, 0.5) is 0 Å². The monoisotopic (exact) mass is 157 g/mol. The number of hydrogen-bond acceptors (Lipinski definition) is 1. The summed E-state index contributed by atoms with van der Waals surface area (Å²) in [6, 6.07) is 0. The highest BCUT2D eigenvalue weighted by atomic mass is 16.2.